The molecule has 3 atom stereocenters. The number of hydrogen-bond donors (Lipinski definition) is 0. The molecule has 4 heteroatoms. The number of rotatable bonds is 13. The topological polar surface area (TPSA) is 0 Å². The maximum atomic E-state index is 9.45. The van der Waals surface area contributed by atoms with E-state index in [4.69, 9.17) is 0 Å². The Morgan fingerprint density at radius 3 is 1.21 bits per heavy atom. The first-order valence-corrected chi connectivity index (χ1v) is 43.7. The Kier molecular flexibility index (Phi) is 15.3. The second-order valence-corrected chi connectivity index (χ2v) is 64.2. The predicted octanol–water partition coefficient (Wildman–Crippen LogP) is 20.2. The van der Waals surface area contributed by atoms with Gasteiger partial charge in [0.1, 0.15) is 0 Å². The Labute approximate surface area is 410 Å². The Hall–Kier alpha value is -1.96. The molecular formula is C62H81Cl2SiZr. The molecule has 10 rings (SSSR count). The quantitative estimate of drug-likeness (QED) is 0.0925. The van der Waals surface area contributed by atoms with Gasteiger partial charge in [-0.15, -0.1) is 0 Å². The van der Waals surface area contributed by atoms with Crippen molar-refractivity contribution in [1.29, 1.82) is 0 Å². The van der Waals surface area contributed by atoms with Gasteiger partial charge in [-0.2, -0.15) is 0 Å². The number of hydrogen-bond acceptors (Lipinski definition) is 0. The normalized spacial score (nSPS) is 23.8. The van der Waals surface area contributed by atoms with Crippen LogP contribution in [0.1, 0.15) is 220 Å². The van der Waals surface area contributed by atoms with Crippen LogP contribution >= 0.6 is 17.0 Å². The molecule has 0 saturated heterocycles. The average Bonchev–Trinajstić information content (AvgIpc) is 3.67. The third-order valence-corrected chi connectivity index (χ3v) is 69.1. The van der Waals surface area contributed by atoms with Crippen molar-refractivity contribution in [3.8, 4) is 22.3 Å². The summed E-state index contributed by atoms with van der Waals surface area (Å²) in [6, 6.07) is 35.6. The molecular weight excluding hydrogens is 935 g/mol. The van der Waals surface area contributed by atoms with E-state index in [9.17, 15) is 17.0 Å². The third kappa shape index (κ3) is 9.62. The first-order valence-electron chi connectivity index (χ1n) is 27.7. The van der Waals surface area contributed by atoms with Crippen molar-refractivity contribution in [2.24, 2.45) is 11.8 Å². The molecule has 0 heterocycles. The fraction of sp³-hybridized carbons (Fsp3) is 0.548. The van der Waals surface area contributed by atoms with Gasteiger partial charge in [0.2, 0.25) is 0 Å². The summed E-state index contributed by atoms with van der Waals surface area (Å²) in [4.78, 5) is 0. The molecule has 4 fully saturated rings. The van der Waals surface area contributed by atoms with Crippen LogP contribution in [0.5, 0.6) is 0 Å². The zero-order chi connectivity index (χ0) is 45.1. The van der Waals surface area contributed by atoms with Crippen molar-refractivity contribution in [2.45, 2.75) is 199 Å². The molecule has 0 spiro atoms. The maximum absolute atomic E-state index is 9.45. The minimum absolute atomic E-state index is 0.148. The molecule has 0 bridgehead atoms. The average molecular weight is 1020 g/mol. The summed E-state index contributed by atoms with van der Waals surface area (Å²) >= 11 is -5.13. The van der Waals surface area contributed by atoms with E-state index in [1.807, 2.05) is 0 Å². The number of fused-ring (bicyclic) bond motifs is 2. The van der Waals surface area contributed by atoms with Gasteiger partial charge in [-0.1, -0.05) is 0 Å². The van der Waals surface area contributed by atoms with E-state index < -0.39 is 21.5 Å². The molecule has 0 N–H and O–H groups in total. The Morgan fingerprint density at radius 2 is 0.833 bits per heavy atom. The van der Waals surface area contributed by atoms with E-state index in [-0.39, 0.29) is 7.25 Å². The molecule has 0 aliphatic heterocycles. The first kappa shape index (κ1) is 47.7. The van der Waals surface area contributed by atoms with Crippen LogP contribution in [-0.4, -0.2) is 5.92 Å². The summed E-state index contributed by atoms with van der Waals surface area (Å²) in [5, 5.41) is 0. The second-order valence-electron chi connectivity index (χ2n) is 22.9. The van der Waals surface area contributed by atoms with Crippen LogP contribution in [0.4, 0.5) is 0 Å². The molecule has 6 aliphatic carbocycles. The molecule has 0 amide bonds. The van der Waals surface area contributed by atoms with Crippen molar-refractivity contribution < 1.29 is 15.6 Å². The van der Waals surface area contributed by atoms with Crippen LogP contribution in [0.2, 0.25) is 12.6 Å². The molecule has 3 unspecified atom stereocenters. The van der Waals surface area contributed by atoms with Crippen molar-refractivity contribution >= 4 is 35.1 Å². The molecule has 0 radical (unpaired) electrons. The summed E-state index contributed by atoms with van der Waals surface area (Å²) in [6.07, 6.45) is 38.9. The van der Waals surface area contributed by atoms with E-state index >= 15 is 0 Å². The van der Waals surface area contributed by atoms with Crippen LogP contribution in [0.25, 0.3) is 34.4 Å². The molecule has 66 heavy (non-hydrogen) atoms. The monoisotopic (exact) mass is 1010 g/mol. The predicted molar refractivity (Wildman–Crippen MR) is 288 cm³/mol. The van der Waals surface area contributed by atoms with Crippen molar-refractivity contribution in [3.05, 3.63) is 129 Å². The van der Waals surface area contributed by atoms with Gasteiger partial charge in [-0.25, -0.2) is 0 Å². The fourth-order valence-corrected chi connectivity index (χ4v) is 56.3. The number of halogens is 2. The van der Waals surface area contributed by atoms with Gasteiger partial charge in [0.15, 0.2) is 0 Å². The summed E-state index contributed by atoms with van der Waals surface area (Å²) < 4.78 is 0.296. The van der Waals surface area contributed by atoms with E-state index in [1.54, 1.807) is 11.1 Å². The molecule has 4 saturated carbocycles. The summed E-state index contributed by atoms with van der Waals surface area (Å²) in [5.41, 5.74) is 17.6. The summed E-state index contributed by atoms with van der Waals surface area (Å²) in [5.74, 6) is 1.11. The van der Waals surface area contributed by atoms with Gasteiger partial charge in [-0.05, 0) is 0 Å². The van der Waals surface area contributed by atoms with E-state index in [2.05, 4.69) is 111 Å². The van der Waals surface area contributed by atoms with Crippen LogP contribution in [0, 0.1) is 11.8 Å². The number of benzene rings is 4. The Bertz CT molecular complexity index is 2170. The zero-order valence-electron chi connectivity index (χ0n) is 40.9. The number of allylic oxidation sites excluding steroid dienone is 2. The van der Waals surface area contributed by atoms with Crippen LogP contribution in [0.3, 0.4) is 0 Å². The summed E-state index contributed by atoms with van der Waals surface area (Å²) in [6.45, 7) is 5.08. The Balaban J connectivity index is 1.12. The molecule has 4 aromatic carbocycles. The van der Waals surface area contributed by atoms with Gasteiger partial charge in [0.25, 0.3) is 0 Å². The standard InChI is InChI=1S/2C29H35.C4H11Si.2ClH.Zr/c2*1-2-5-10-22(9-4-1)19-23-20-27-13-8-14-28(29(27)21-23)26-17-15-25(16-18-26)24-11-6-3-7-12-24;1-3-4-5-2;;;/h2*8,13-18,20-22,24H,1-7,9-12,19H2;5H,3-4H2,1-2H3;2*1H;/q;;;;;+2/p-2. The molecule has 4 aromatic rings. The molecule has 6 aliphatic rings. The van der Waals surface area contributed by atoms with Crippen LogP contribution in [0.15, 0.2) is 96.1 Å². The van der Waals surface area contributed by atoms with Crippen molar-refractivity contribution in [3.63, 3.8) is 0 Å². The fourth-order valence-electron chi connectivity index (χ4n) is 15.1. The van der Waals surface area contributed by atoms with Crippen LogP contribution < -0.4 is 0 Å². The van der Waals surface area contributed by atoms with Crippen molar-refractivity contribution in [2.75, 3.05) is 0 Å². The molecule has 351 valence electrons. The van der Waals surface area contributed by atoms with E-state index in [1.165, 1.54) is 209 Å². The third-order valence-electron chi connectivity index (χ3n) is 18.7. The SMILES string of the molecule is CCC[SiH](C)[Zr]([Cl])([Cl])([CH]1C(CC2CCCCCC2)=Cc2c(-c3ccc(C4CCCCC4)cc3)cccc21)[CH]1C(CC2CCCCCC2)=Cc2c(-c3ccc(C4CCCCC4)cc3)cccc21. The van der Waals surface area contributed by atoms with Gasteiger partial charge < -0.3 is 0 Å². The molecule has 0 nitrogen and oxygen atoms in total. The van der Waals surface area contributed by atoms with Gasteiger partial charge in [0.05, 0.1) is 0 Å². The second kappa shape index (κ2) is 21.2. The van der Waals surface area contributed by atoms with Gasteiger partial charge >= 0.3 is 413 Å². The summed E-state index contributed by atoms with van der Waals surface area (Å²) in [7, 11) is 18.9. The van der Waals surface area contributed by atoms with Gasteiger partial charge in [0, 0.05) is 0 Å². The van der Waals surface area contributed by atoms with Crippen molar-refractivity contribution in [1.82, 2.24) is 0 Å². The van der Waals surface area contributed by atoms with E-state index in [0.717, 1.165) is 12.8 Å². The van der Waals surface area contributed by atoms with E-state index in [0.29, 0.717) is 23.7 Å². The zero-order valence-corrected chi connectivity index (χ0v) is 46.0. The Morgan fingerprint density at radius 1 is 0.470 bits per heavy atom. The van der Waals surface area contributed by atoms with Crippen LogP contribution in [-0.2, 0) is 15.6 Å². The first-order chi connectivity index (χ1) is 32.3. The minimum atomic E-state index is -5.13. The van der Waals surface area contributed by atoms with Gasteiger partial charge in [-0.3, -0.25) is 0 Å². The molecule has 0 aromatic heterocycles.